The zero-order valence-corrected chi connectivity index (χ0v) is 30.9. The summed E-state index contributed by atoms with van der Waals surface area (Å²) in [5.74, 6) is 0. The van der Waals surface area contributed by atoms with E-state index in [1.165, 1.54) is 92.3 Å². The van der Waals surface area contributed by atoms with E-state index < -0.39 is 0 Å². The molecule has 0 amide bonds. The zero-order valence-electron chi connectivity index (χ0n) is 30.9. The zero-order chi connectivity index (χ0) is 37.2. The predicted octanol–water partition coefficient (Wildman–Crippen LogP) is 16.1. The van der Waals surface area contributed by atoms with E-state index in [1.54, 1.807) is 0 Å². The minimum atomic E-state index is 0.915. The predicted molar refractivity (Wildman–Crippen MR) is 244 cm³/mol. The lowest BCUT2D eigenvalue weighted by Crippen LogP contribution is -1.90. The van der Waals surface area contributed by atoms with Crippen LogP contribution in [0.5, 0.6) is 0 Å². The quantitative estimate of drug-likeness (QED) is 0.166. The molecule has 0 radical (unpaired) electrons. The number of hydrogen-bond acceptors (Lipinski definition) is 1. The summed E-state index contributed by atoms with van der Waals surface area (Å²) < 4.78 is 7.21. The highest BCUT2D eigenvalue weighted by atomic mass is 16.3. The molecule has 0 N–H and O–H groups in total. The van der Waals surface area contributed by atoms with Gasteiger partial charge in [0.25, 0.3) is 0 Å². The first-order valence-corrected chi connectivity index (χ1v) is 19.8. The van der Waals surface area contributed by atoms with Gasteiger partial charge in [-0.2, -0.15) is 0 Å². The molecule has 1 aromatic heterocycles. The van der Waals surface area contributed by atoms with Crippen LogP contribution in [0, 0.1) is 0 Å². The van der Waals surface area contributed by atoms with Crippen molar-refractivity contribution in [3.05, 3.63) is 194 Å². The number of benzene rings is 12. The lowest BCUT2D eigenvalue weighted by Gasteiger charge is -2.17. The topological polar surface area (TPSA) is 13.1 Å². The van der Waals surface area contributed by atoms with Crippen LogP contribution < -0.4 is 0 Å². The molecular weight excluding hydrogens is 689 g/mol. The largest absolute Gasteiger partial charge is 0.455 e. The van der Waals surface area contributed by atoms with E-state index in [9.17, 15) is 0 Å². The van der Waals surface area contributed by atoms with Gasteiger partial charge in [-0.25, -0.2) is 0 Å². The Hall–Kier alpha value is -7.48. The van der Waals surface area contributed by atoms with E-state index in [1.807, 2.05) is 0 Å². The average Bonchev–Trinajstić information content (AvgIpc) is 3.68. The van der Waals surface area contributed by atoms with Crippen molar-refractivity contribution in [3.63, 3.8) is 0 Å². The Kier molecular flexibility index (Phi) is 6.23. The lowest BCUT2D eigenvalue weighted by atomic mass is 9.86. The van der Waals surface area contributed by atoms with Crippen LogP contribution in [-0.4, -0.2) is 0 Å². The van der Waals surface area contributed by atoms with Gasteiger partial charge < -0.3 is 4.42 Å². The van der Waals surface area contributed by atoms with Crippen molar-refractivity contribution in [2.75, 3.05) is 0 Å². The molecule has 0 bridgehead atoms. The minimum absolute atomic E-state index is 0.915. The average molecular weight is 721 g/mol. The van der Waals surface area contributed by atoms with Crippen molar-refractivity contribution < 1.29 is 4.42 Å². The first-order valence-electron chi connectivity index (χ1n) is 19.8. The number of rotatable bonds is 3. The monoisotopic (exact) mass is 720 g/mol. The molecule has 57 heavy (non-hydrogen) atoms. The van der Waals surface area contributed by atoms with Gasteiger partial charge in [0.05, 0.1) is 0 Å². The van der Waals surface area contributed by atoms with Crippen molar-refractivity contribution in [1.82, 2.24) is 0 Å². The second kappa shape index (κ2) is 11.5. The van der Waals surface area contributed by atoms with Crippen molar-refractivity contribution in [2.24, 2.45) is 0 Å². The van der Waals surface area contributed by atoms with Crippen LogP contribution in [-0.2, 0) is 0 Å². The molecule has 0 aliphatic carbocycles. The molecule has 1 heterocycles. The highest BCUT2D eigenvalue weighted by Gasteiger charge is 2.23. The molecule has 12 aromatic carbocycles. The highest BCUT2D eigenvalue weighted by molar-refractivity contribution is 6.29. The molecular formula is C56H32O. The van der Waals surface area contributed by atoms with Gasteiger partial charge in [0, 0.05) is 21.7 Å². The van der Waals surface area contributed by atoms with Gasteiger partial charge in [0.1, 0.15) is 11.2 Å². The Balaban J connectivity index is 1.11. The van der Waals surface area contributed by atoms with Gasteiger partial charge in [0.15, 0.2) is 0 Å². The molecule has 0 aliphatic rings. The van der Waals surface area contributed by atoms with Gasteiger partial charge in [-0.05, 0) is 116 Å². The van der Waals surface area contributed by atoms with Crippen LogP contribution in [0.15, 0.2) is 199 Å². The third-order valence-electron chi connectivity index (χ3n) is 12.6. The second-order valence-corrected chi connectivity index (χ2v) is 15.5. The maximum Gasteiger partial charge on any atom is 0.143 e. The molecule has 13 rings (SSSR count). The number of hydrogen-bond donors (Lipinski definition) is 0. The molecule has 0 spiro atoms. The fraction of sp³-hybridized carbons (Fsp3) is 0. The Labute approximate surface area is 328 Å². The molecule has 0 unspecified atom stereocenters. The molecule has 0 saturated carbocycles. The molecule has 13 aromatic rings. The van der Waals surface area contributed by atoms with Crippen molar-refractivity contribution in [1.29, 1.82) is 0 Å². The first-order chi connectivity index (χ1) is 28.3. The SMILES string of the molecule is c1ccc2c(c1)cc(-c1ccc(-c3ccc(-c4ccc5ccc6cccc7ccc4c5c67)c4c3oc3c5ccccc5ccc34)c3ccccc13)c1ccccc12. The van der Waals surface area contributed by atoms with E-state index in [2.05, 4.69) is 194 Å². The fourth-order valence-corrected chi connectivity index (χ4v) is 10.1. The first kappa shape index (κ1) is 30.8. The standard InChI is InChI=1S/C56H32O/c1-4-15-39-33(10-1)22-27-50-54-48(46-25-23-36-21-20-34-12-9-13-35-24-26-47(46)53(36)52(34)35)30-31-49(56(54)57-55(39)50)44-28-29-45(42-18-7-6-17-41(42)44)51-32-37-11-2-3-14-38(37)40-16-5-8-19-43(40)51/h1-32H. The molecule has 1 heteroatoms. The van der Waals surface area contributed by atoms with Gasteiger partial charge in [-0.3, -0.25) is 0 Å². The maximum atomic E-state index is 7.21. The van der Waals surface area contributed by atoms with Crippen LogP contribution in [0.3, 0.4) is 0 Å². The smallest absolute Gasteiger partial charge is 0.143 e. The summed E-state index contributed by atoms with van der Waals surface area (Å²) >= 11 is 0. The minimum Gasteiger partial charge on any atom is -0.455 e. The number of fused-ring (bicyclic) bond motifs is 9. The number of furan rings is 1. The Bertz CT molecular complexity index is 3790. The fourth-order valence-electron chi connectivity index (χ4n) is 10.1. The van der Waals surface area contributed by atoms with E-state index in [0.29, 0.717) is 0 Å². The molecule has 0 aliphatic heterocycles. The van der Waals surface area contributed by atoms with Crippen molar-refractivity contribution >= 4 is 97.3 Å². The summed E-state index contributed by atoms with van der Waals surface area (Å²) in [4.78, 5) is 0. The van der Waals surface area contributed by atoms with Gasteiger partial charge in [-0.15, -0.1) is 0 Å². The molecule has 0 saturated heterocycles. The Morgan fingerprint density at radius 2 is 0.684 bits per heavy atom. The van der Waals surface area contributed by atoms with Gasteiger partial charge in [0.2, 0.25) is 0 Å². The summed E-state index contributed by atoms with van der Waals surface area (Å²) in [5.41, 5.74) is 8.98. The second-order valence-electron chi connectivity index (χ2n) is 15.5. The lowest BCUT2D eigenvalue weighted by molar-refractivity contribution is 0.674. The van der Waals surface area contributed by atoms with Gasteiger partial charge in [-0.1, -0.05) is 176 Å². The third-order valence-corrected chi connectivity index (χ3v) is 12.6. The normalized spacial score (nSPS) is 12.2. The third kappa shape index (κ3) is 4.29. The summed E-state index contributed by atoms with van der Waals surface area (Å²) in [7, 11) is 0. The summed E-state index contributed by atoms with van der Waals surface area (Å²) in [6.07, 6.45) is 0. The van der Waals surface area contributed by atoms with Crippen LogP contribution in [0.4, 0.5) is 0 Å². The van der Waals surface area contributed by atoms with E-state index in [4.69, 9.17) is 4.42 Å². The molecule has 0 fully saturated rings. The summed E-state index contributed by atoms with van der Waals surface area (Å²) in [6.45, 7) is 0. The molecule has 262 valence electrons. The van der Waals surface area contributed by atoms with Crippen LogP contribution >= 0.6 is 0 Å². The van der Waals surface area contributed by atoms with Crippen LogP contribution in [0.25, 0.3) is 131 Å². The Morgan fingerprint density at radius 3 is 1.46 bits per heavy atom. The Morgan fingerprint density at radius 1 is 0.211 bits per heavy atom. The summed E-state index contributed by atoms with van der Waals surface area (Å²) in [6, 6.07) is 71.5. The van der Waals surface area contributed by atoms with Crippen LogP contribution in [0.1, 0.15) is 0 Å². The highest BCUT2D eigenvalue weighted by Crippen LogP contribution is 2.49. The van der Waals surface area contributed by atoms with E-state index in [-0.39, 0.29) is 0 Å². The molecule has 0 atom stereocenters. The van der Waals surface area contributed by atoms with Crippen molar-refractivity contribution in [2.45, 2.75) is 0 Å². The maximum absolute atomic E-state index is 7.21. The summed E-state index contributed by atoms with van der Waals surface area (Å²) in [5, 5.41) is 19.8. The van der Waals surface area contributed by atoms with Crippen molar-refractivity contribution in [3.8, 4) is 33.4 Å². The molecule has 1 nitrogen and oxygen atoms in total. The van der Waals surface area contributed by atoms with Gasteiger partial charge >= 0.3 is 0 Å². The van der Waals surface area contributed by atoms with E-state index in [0.717, 1.165) is 38.5 Å². The van der Waals surface area contributed by atoms with E-state index >= 15 is 0 Å². The van der Waals surface area contributed by atoms with Crippen LogP contribution in [0.2, 0.25) is 0 Å².